The number of carbonyl (C=O) groups is 1. The first-order chi connectivity index (χ1) is 12.3. The van der Waals surface area contributed by atoms with Gasteiger partial charge in [0.2, 0.25) is 5.13 Å². The lowest BCUT2D eigenvalue weighted by molar-refractivity contribution is 0.0683. The molecule has 1 aromatic heterocycles. The van der Waals surface area contributed by atoms with Gasteiger partial charge in [0.05, 0.1) is 13.1 Å². The molecule has 11 heteroatoms. The van der Waals surface area contributed by atoms with Crippen LogP contribution in [-0.2, 0) is 6.42 Å². The fourth-order valence-corrected chi connectivity index (χ4v) is 3.36. The SMILES string of the molecule is Cc1nsc(N2CC(Oc3ccc(CCB(O)O)c(O)c3C(=O)O)C2)n1. The quantitative estimate of drug-likeness (QED) is 0.508. The van der Waals surface area contributed by atoms with Crippen molar-refractivity contribution in [3.8, 4) is 11.5 Å². The van der Waals surface area contributed by atoms with Gasteiger partial charge in [0.25, 0.3) is 0 Å². The molecule has 0 saturated carbocycles. The normalized spacial score (nSPS) is 14.2. The number of phenols is 1. The summed E-state index contributed by atoms with van der Waals surface area (Å²) in [6, 6.07) is 3.02. The van der Waals surface area contributed by atoms with Gasteiger partial charge < -0.3 is 29.9 Å². The molecule has 2 heterocycles. The molecule has 1 saturated heterocycles. The third kappa shape index (κ3) is 3.89. The number of aromatic nitrogens is 2. The standard InChI is InChI=1S/C15H18BN3O6S/c1-8-17-15(26-18-8)19-6-10(7-19)25-11-3-2-9(4-5-16(23)24)13(20)12(11)14(21)22/h2-3,10,20,23-24H,4-7H2,1H3,(H,21,22). The maximum absolute atomic E-state index is 11.5. The second kappa shape index (κ2) is 7.48. The van der Waals surface area contributed by atoms with E-state index in [9.17, 15) is 15.0 Å². The van der Waals surface area contributed by atoms with Crippen molar-refractivity contribution in [3.05, 3.63) is 29.1 Å². The van der Waals surface area contributed by atoms with E-state index < -0.39 is 18.8 Å². The van der Waals surface area contributed by atoms with E-state index in [0.717, 1.165) is 5.13 Å². The second-order valence-electron chi connectivity index (χ2n) is 6.04. The Bertz CT molecular complexity index is 809. The maximum Gasteiger partial charge on any atom is 0.451 e. The number of benzene rings is 1. The molecule has 0 unspecified atom stereocenters. The molecule has 3 rings (SSSR count). The van der Waals surface area contributed by atoms with Gasteiger partial charge in [0.15, 0.2) is 0 Å². The van der Waals surface area contributed by atoms with Crippen molar-refractivity contribution < 1.29 is 29.8 Å². The molecule has 1 aliphatic heterocycles. The summed E-state index contributed by atoms with van der Waals surface area (Å²) in [5.74, 6) is -0.927. The fraction of sp³-hybridized carbons (Fsp3) is 0.400. The molecule has 0 amide bonds. The van der Waals surface area contributed by atoms with Crippen molar-refractivity contribution in [3.63, 3.8) is 0 Å². The van der Waals surface area contributed by atoms with Crippen LogP contribution in [0.5, 0.6) is 11.5 Å². The topological polar surface area (TPSA) is 136 Å². The van der Waals surface area contributed by atoms with Crippen LogP contribution in [0.3, 0.4) is 0 Å². The van der Waals surface area contributed by atoms with Crippen LogP contribution in [0.1, 0.15) is 21.7 Å². The number of aromatic hydroxyl groups is 1. The number of hydrogen-bond acceptors (Lipinski definition) is 9. The van der Waals surface area contributed by atoms with Crippen LogP contribution in [0.4, 0.5) is 5.13 Å². The highest BCUT2D eigenvalue weighted by molar-refractivity contribution is 7.09. The van der Waals surface area contributed by atoms with Gasteiger partial charge in [0.1, 0.15) is 29.0 Å². The Balaban J connectivity index is 1.70. The van der Waals surface area contributed by atoms with Gasteiger partial charge in [-0.3, -0.25) is 0 Å². The predicted octanol–water partition coefficient (Wildman–Crippen LogP) is 0.533. The van der Waals surface area contributed by atoms with Crippen molar-refractivity contribution in [2.24, 2.45) is 0 Å². The largest absolute Gasteiger partial charge is 0.507 e. The Morgan fingerprint density at radius 2 is 2.15 bits per heavy atom. The molecule has 1 fully saturated rings. The third-order valence-corrected chi connectivity index (χ3v) is 4.91. The van der Waals surface area contributed by atoms with E-state index in [1.54, 1.807) is 0 Å². The monoisotopic (exact) mass is 379 g/mol. The summed E-state index contributed by atoms with van der Waals surface area (Å²) < 4.78 is 9.86. The minimum Gasteiger partial charge on any atom is -0.507 e. The number of hydrogen-bond donors (Lipinski definition) is 4. The first kappa shape index (κ1) is 18.4. The van der Waals surface area contributed by atoms with Gasteiger partial charge >= 0.3 is 13.1 Å². The Morgan fingerprint density at radius 1 is 1.42 bits per heavy atom. The molecule has 0 bridgehead atoms. The average molecular weight is 379 g/mol. The van der Waals surface area contributed by atoms with E-state index >= 15 is 0 Å². The zero-order valence-corrected chi connectivity index (χ0v) is 14.8. The highest BCUT2D eigenvalue weighted by atomic mass is 32.1. The van der Waals surface area contributed by atoms with E-state index in [-0.39, 0.29) is 30.2 Å². The second-order valence-corrected chi connectivity index (χ2v) is 6.77. The van der Waals surface area contributed by atoms with Crippen molar-refractivity contribution >= 4 is 29.8 Å². The van der Waals surface area contributed by atoms with Crippen LogP contribution in [0.2, 0.25) is 6.32 Å². The smallest absolute Gasteiger partial charge is 0.451 e. The predicted molar refractivity (Wildman–Crippen MR) is 95.0 cm³/mol. The summed E-state index contributed by atoms with van der Waals surface area (Å²) in [5.41, 5.74) is 0.00237. The molecular formula is C15H18BN3O6S. The van der Waals surface area contributed by atoms with Crippen molar-refractivity contribution in [1.29, 1.82) is 0 Å². The number of carboxylic acid groups (broad SMARTS) is 1. The summed E-state index contributed by atoms with van der Waals surface area (Å²) >= 11 is 1.30. The van der Waals surface area contributed by atoms with Crippen LogP contribution >= 0.6 is 11.5 Å². The molecule has 0 spiro atoms. The molecule has 0 aliphatic carbocycles. The molecular weight excluding hydrogens is 361 g/mol. The Labute approximate surface area is 153 Å². The minimum absolute atomic E-state index is 0.00826. The van der Waals surface area contributed by atoms with E-state index in [1.165, 1.54) is 23.7 Å². The Hall–Kier alpha value is -2.37. The minimum atomic E-state index is -1.52. The molecule has 0 atom stereocenters. The van der Waals surface area contributed by atoms with Crippen LogP contribution in [-0.4, -0.2) is 61.9 Å². The zero-order chi connectivity index (χ0) is 18.8. The summed E-state index contributed by atoms with van der Waals surface area (Å²) in [5, 5.41) is 38.3. The number of anilines is 1. The molecule has 26 heavy (non-hydrogen) atoms. The summed E-state index contributed by atoms with van der Waals surface area (Å²) in [7, 11) is -1.52. The highest BCUT2D eigenvalue weighted by Crippen LogP contribution is 2.34. The molecule has 2 aromatic rings. The lowest BCUT2D eigenvalue weighted by Gasteiger charge is -2.38. The van der Waals surface area contributed by atoms with Crippen LogP contribution < -0.4 is 9.64 Å². The van der Waals surface area contributed by atoms with E-state index in [4.69, 9.17) is 14.8 Å². The lowest BCUT2D eigenvalue weighted by atomic mass is 9.82. The first-order valence-corrected chi connectivity index (χ1v) is 8.78. The van der Waals surface area contributed by atoms with Gasteiger partial charge in [-0.25, -0.2) is 9.78 Å². The number of aromatic carboxylic acids is 1. The number of aryl methyl sites for hydroxylation is 2. The first-order valence-electron chi connectivity index (χ1n) is 8.01. The summed E-state index contributed by atoms with van der Waals surface area (Å²) in [4.78, 5) is 17.8. The maximum atomic E-state index is 11.5. The van der Waals surface area contributed by atoms with Gasteiger partial charge in [0, 0.05) is 11.5 Å². The number of rotatable bonds is 7. The van der Waals surface area contributed by atoms with Gasteiger partial charge in [-0.2, -0.15) is 4.37 Å². The number of nitrogens with zero attached hydrogens (tertiary/aromatic N) is 3. The fourth-order valence-electron chi connectivity index (χ4n) is 2.67. The van der Waals surface area contributed by atoms with Crippen LogP contribution in [0.15, 0.2) is 12.1 Å². The van der Waals surface area contributed by atoms with Gasteiger partial charge in [-0.1, -0.05) is 6.07 Å². The Kier molecular flexibility index (Phi) is 5.30. The van der Waals surface area contributed by atoms with Crippen molar-refractivity contribution in [2.45, 2.75) is 25.8 Å². The van der Waals surface area contributed by atoms with E-state index in [2.05, 4.69) is 9.36 Å². The molecule has 138 valence electrons. The van der Waals surface area contributed by atoms with Crippen LogP contribution in [0.25, 0.3) is 0 Å². The molecule has 9 nitrogen and oxygen atoms in total. The van der Waals surface area contributed by atoms with Crippen molar-refractivity contribution in [2.75, 3.05) is 18.0 Å². The molecule has 0 radical (unpaired) electrons. The lowest BCUT2D eigenvalue weighted by Crippen LogP contribution is -2.54. The average Bonchev–Trinajstić information content (AvgIpc) is 2.94. The Morgan fingerprint density at radius 3 is 2.73 bits per heavy atom. The van der Waals surface area contributed by atoms with Gasteiger partial charge in [-0.15, -0.1) is 0 Å². The van der Waals surface area contributed by atoms with E-state index in [0.29, 0.717) is 24.5 Å². The van der Waals surface area contributed by atoms with Gasteiger partial charge in [-0.05, 0) is 31.3 Å². The van der Waals surface area contributed by atoms with Crippen LogP contribution in [0, 0.1) is 6.92 Å². The molecule has 1 aliphatic rings. The number of ether oxygens (including phenoxy) is 1. The molecule has 4 N–H and O–H groups in total. The highest BCUT2D eigenvalue weighted by Gasteiger charge is 2.32. The molecule has 1 aromatic carbocycles. The third-order valence-electron chi connectivity index (χ3n) is 4.04. The van der Waals surface area contributed by atoms with E-state index in [1.807, 2.05) is 11.8 Å². The summed E-state index contributed by atoms with van der Waals surface area (Å²) in [6.45, 7) is 2.91. The number of carboxylic acids is 1. The zero-order valence-electron chi connectivity index (χ0n) is 14.0. The van der Waals surface area contributed by atoms with Crippen molar-refractivity contribution in [1.82, 2.24) is 9.36 Å². The summed E-state index contributed by atoms with van der Waals surface area (Å²) in [6.07, 6.45) is -0.0922.